The number of carbonyl (C=O) groups is 1. The minimum atomic E-state index is -0.676. The van der Waals surface area contributed by atoms with Crippen LogP contribution in [0.4, 0.5) is 0 Å². The standard InChI is InChI=1S/C11H16N2O3/c1-5-16-11(14)9(8-12)10(15-4)6-7-13(2)3/h6-7H,5H2,1-4H3/b7-6+,10-9-. The Kier molecular flexibility index (Phi) is 6.45. The molecule has 0 heterocycles. The van der Waals surface area contributed by atoms with E-state index >= 15 is 0 Å². The summed E-state index contributed by atoms with van der Waals surface area (Å²) in [7, 11) is 5.03. The summed E-state index contributed by atoms with van der Waals surface area (Å²) >= 11 is 0. The lowest BCUT2D eigenvalue weighted by Crippen LogP contribution is -2.10. The number of nitrogens with zero attached hydrogens (tertiary/aromatic N) is 2. The van der Waals surface area contributed by atoms with Gasteiger partial charge in [0.05, 0.1) is 13.7 Å². The van der Waals surface area contributed by atoms with Gasteiger partial charge in [0.2, 0.25) is 0 Å². The largest absolute Gasteiger partial charge is 0.495 e. The molecule has 5 nitrogen and oxygen atoms in total. The SMILES string of the molecule is CCOC(=O)/C(C#N)=C(/C=C/N(C)C)OC. The summed E-state index contributed by atoms with van der Waals surface area (Å²) in [6.45, 7) is 1.90. The number of rotatable bonds is 5. The van der Waals surface area contributed by atoms with Crippen LogP contribution in [0, 0.1) is 11.3 Å². The molecule has 0 aromatic carbocycles. The molecule has 0 aromatic rings. The molecule has 0 bridgehead atoms. The Morgan fingerprint density at radius 2 is 2.12 bits per heavy atom. The van der Waals surface area contributed by atoms with Crippen molar-refractivity contribution in [2.24, 2.45) is 0 Å². The van der Waals surface area contributed by atoms with Crippen LogP contribution < -0.4 is 0 Å². The van der Waals surface area contributed by atoms with Gasteiger partial charge in [-0.05, 0) is 13.0 Å². The zero-order valence-corrected chi connectivity index (χ0v) is 9.98. The topological polar surface area (TPSA) is 62.6 Å². The molecule has 0 saturated carbocycles. The summed E-state index contributed by atoms with van der Waals surface area (Å²) < 4.78 is 9.70. The summed E-state index contributed by atoms with van der Waals surface area (Å²) in [6, 6.07) is 1.77. The predicted molar refractivity (Wildman–Crippen MR) is 59.1 cm³/mol. The average Bonchev–Trinajstić information content (AvgIpc) is 2.24. The molecule has 0 saturated heterocycles. The first-order chi connectivity index (χ1) is 7.56. The van der Waals surface area contributed by atoms with Gasteiger partial charge in [-0.3, -0.25) is 0 Å². The van der Waals surface area contributed by atoms with Crippen LogP contribution in [0.5, 0.6) is 0 Å². The minimum absolute atomic E-state index is 0.137. The molecular formula is C11H16N2O3. The van der Waals surface area contributed by atoms with Gasteiger partial charge in [-0.1, -0.05) is 0 Å². The highest BCUT2D eigenvalue weighted by atomic mass is 16.5. The van der Waals surface area contributed by atoms with Crippen LogP contribution >= 0.6 is 0 Å². The molecule has 0 rings (SSSR count). The Morgan fingerprint density at radius 3 is 2.50 bits per heavy atom. The lowest BCUT2D eigenvalue weighted by molar-refractivity contribution is -0.138. The van der Waals surface area contributed by atoms with Crippen molar-refractivity contribution in [1.29, 1.82) is 5.26 Å². The first-order valence-electron chi connectivity index (χ1n) is 4.76. The van der Waals surface area contributed by atoms with Crippen LogP contribution in [0.1, 0.15) is 6.92 Å². The van der Waals surface area contributed by atoms with Gasteiger partial charge in [0.25, 0.3) is 0 Å². The number of hydrogen-bond donors (Lipinski definition) is 0. The number of allylic oxidation sites excluding steroid dienone is 1. The summed E-state index contributed by atoms with van der Waals surface area (Å²) in [6.07, 6.45) is 3.21. The van der Waals surface area contributed by atoms with E-state index in [2.05, 4.69) is 0 Å². The lowest BCUT2D eigenvalue weighted by atomic mass is 10.2. The summed E-state index contributed by atoms with van der Waals surface area (Å²) in [5, 5.41) is 8.85. The van der Waals surface area contributed by atoms with Crippen molar-refractivity contribution in [3.63, 3.8) is 0 Å². The fourth-order valence-corrected chi connectivity index (χ4v) is 0.875. The molecule has 0 amide bonds. The third-order valence-corrected chi connectivity index (χ3v) is 1.58. The number of carbonyl (C=O) groups excluding carboxylic acids is 1. The van der Waals surface area contributed by atoms with Crippen LogP contribution in [-0.4, -0.2) is 38.7 Å². The van der Waals surface area contributed by atoms with Gasteiger partial charge in [-0.2, -0.15) is 5.26 Å². The quantitative estimate of drug-likeness (QED) is 0.230. The van der Waals surface area contributed by atoms with Gasteiger partial charge in [0, 0.05) is 20.3 Å². The van der Waals surface area contributed by atoms with Gasteiger partial charge < -0.3 is 14.4 Å². The molecule has 5 heteroatoms. The average molecular weight is 224 g/mol. The van der Waals surface area contributed by atoms with Crippen LogP contribution in [0.25, 0.3) is 0 Å². The fraction of sp³-hybridized carbons (Fsp3) is 0.455. The van der Waals surface area contributed by atoms with Crippen molar-refractivity contribution < 1.29 is 14.3 Å². The number of ether oxygens (including phenoxy) is 2. The maximum atomic E-state index is 11.4. The lowest BCUT2D eigenvalue weighted by Gasteiger charge is -2.07. The van der Waals surface area contributed by atoms with E-state index in [-0.39, 0.29) is 17.9 Å². The normalized spacial score (nSPS) is 11.7. The molecule has 0 atom stereocenters. The molecule has 0 aliphatic rings. The highest BCUT2D eigenvalue weighted by Crippen LogP contribution is 2.09. The van der Waals surface area contributed by atoms with E-state index in [1.807, 2.05) is 14.1 Å². The minimum Gasteiger partial charge on any atom is -0.495 e. The molecule has 0 unspecified atom stereocenters. The smallest absolute Gasteiger partial charge is 0.352 e. The van der Waals surface area contributed by atoms with Crippen LogP contribution in [0.2, 0.25) is 0 Å². The second-order valence-electron chi connectivity index (χ2n) is 3.05. The van der Waals surface area contributed by atoms with E-state index in [4.69, 9.17) is 14.7 Å². The van der Waals surface area contributed by atoms with Crippen molar-refractivity contribution in [1.82, 2.24) is 4.90 Å². The number of esters is 1. The highest BCUT2D eigenvalue weighted by Gasteiger charge is 2.15. The predicted octanol–water partition coefficient (Wildman–Crippen LogP) is 1.05. The van der Waals surface area contributed by atoms with Crippen LogP contribution in [-0.2, 0) is 14.3 Å². The molecule has 0 spiro atoms. The molecule has 16 heavy (non-hydrogen) atoms. The van der Waals surface area contributed by atoms with E-state index in [0.29, 0.717) is 0 Å². The van der Waals surface area contributed by atoms with E-state index in [0.717, 1.165) is 0 Å². The first-order valence-corrected chi connectivity index (χ1v) is 4.76. The van der Waals surface area contributed by atoms with E-state index in [9.17, 15) is 4.79 Å². The molecular weight excluding hydrogens is 208 g/mol. The Morgan fingerprint density at radius 1 is 1.50 bits per heavy atom. The van der Waals surface area contributed by atoms with Crippen molar-refractivity contribution >= 4 is 5.97 Å². The van der Waals surface area contributed by atoms with Crippen LogP contribution in [0.3, 0.4) is 0 Å². The maximum absolute atomic E-state index is 11.4. The molecule has 0 fully saturated rings. The second-order valence-corrected chi connectivity index (χ2v) is 3.05. The van der Waals surface area contributed by atoms with Gasteiger partial charge in [-0.25, -0.2) is 4.79 Å². The molecule has 0 aromatic heterocycles. The monoisotopic (exact) mass is 224 g/mol. The molecule has 0 N–H and O–H groups in total. The van der Waals surface area contributed by atoms with E-state index in [1.165, 1.54) is 13.2 Å². The van der Waals surface area contributed by atoms with Gasteiger partial charge in [0.1, 0.15) is 11.8 Å². The Bertz CT molecular complexity index is 338. The first kappa shape index (κ1) is 14.0. The summed E-state index contributed by atoms with van der Waals surface area (Å²) in [4.78, 5) is 13.2. The highest BCUT2D eigenvalue weighted by molar-refractivity contribution is 5.93. The number of methoxy groups -OCH3 is 1. The van der Waals surface area contributed by atoms with Gasteiger partial charge in [0.15, 0.2) is 5.57 Å². The second kappa shape index (κ2) is 7.35. The third-order valence-electron chi connectivity index (χ3n) is 1.58. The number of hydrogen-bond acceptors (Lipinski definition) is 5. The van der Waals surface area contributed by atoms with Gasteiger partial charge >= 0.3 is 5.97 Å². The Hall–Kier alpha value is -1.96. The molecule has 88 valence electrons. The van der Waals surface area contributed by atoms with Crippen molar-refractivity contribution in [2.75, 3.05) is 27.8 Å². The zero-order chi connectivity index (χ0) is 12.6. The zero-order valence-electron chi connectivity index (χ0n) is 9.98. The van der Waals surface area contributed by atoms with Gasteiger partial charge in [-0.15, -0.1) is 0 Å². The molecule has 0 radical (unpaired) electrons. The Labute approximate surface area is 95.6 Å². The summed E-state index contributed by atoms with van der Waals surface area (Å²) in [5.74, 6) is -0.486. The van der Waals surface area contributed by atoms with Crippen molar-refractivity contribution in [3.05, 3.63) is 23.6 Å². The maximum Gasteiger partial charge on any atom is 0.352 e. The van der Waals surface area contributed by atoms with Crippen molar-refractivity contribution in [2.45, 2.75) is 6.92 Å². The third kappa shape index (κ3) is 4.51. The van der Waals surface area contributed by atoms with Crippen LogP contribution in [0.15, 0.2) is 23.6 Å². The Balaban J connectivity index is 5.07. The van der Waals surface area contributed by atoms with E-state index < -0.39 is 5.97 Å². The number of nitriles is 1. The summed E-state index contributed by atoms with van der Waals surface area (Å²) in [5.41, 5.74) is -0.137. The molecule has 0 aliphatic carbocycles. The molecule has 0 aliphatic heterocycles. The van der Waals surface area contributed by atoms with Crippen molar-refractivity contribution in [3.8, 4) is 6.07 Å². The fourth-order valence-electron chi connectivity index (χ4n) is 0.875. The van der Waals surface area contributed by atoms with E-state index in [1.54, 1.807) is 24.1 Å².